The predicted octanol–water partition coefficient (Wildman–Crippen LogP) is 3.02. The van der Waals surface area contributed by atoms with E-state index in [-0.39, 0.29) is 0 Å². The molecule has 1 aliphatic rings. The first kappa shape index (κ1) is 15.8. The number of hydrogen-bond donors (Lipinski definition) is 1. The largest absolute Gasteiger partial charge is 0.481 e. The molecule has 2 rings (SSSR count). The lowest BCUT2D eigenvalue weighted by molar-refractivity contribution is 0.0409. The normalized spacial score (nSPS) is 20.1. The van der Waals surface area contributed by atoms with Gasteiger partial charge in [-0.1, -0.05) is 32.1 Å². The summed E-state index contributed by atoms with van der Waals surface area (Å²) in [6, 6.07) is 2.43. The van der Waals surface area contributed by atoms with Gasteiger partial charge < -0.3 is 9.84 Å². The van der Waals surface area contributed by atoms with Gasteiger partial charge in [0, 0.05) is 7.05 Å². The Morgan fingerprint density at radius 2 is 1.86 bits per heavy atom. The van der Waals surface area contributed by atoms with Crippen LogP contribution in [0.3, 0.4) is 0 Å². The zero-order chi connectivity index (χ0) is 15.5. The highest BCUT2D eigenvalue weighted by atomic mass is 16.5. The molecule has 0 radical (unpaired) electrons. The third-order valence-electron chi connectivity index (χ3n) is 4.67. The van der Waals surface area contributed by atoms with Crippen molar-refractivity contribution in [3.63, 3.8) is 0 Å². The van der Waals surface area contributed by atoms with Crippen LogP contribution >= 0.6 is 0 Å². The third-order valence-corrected chi connectivity index (χ3v) is 4.67. The fraction of sp³-hybridized carbons (Fsp3) is 0.750. The van der Waals surface area contributed by atoms with Gasteiger partial charge in [-0.3, -0.25) is 0 Å². The van der Waals surface area contributed by atoms with Gasteiger partial charge in [0.15, 0.2) is 0 Å². The van der Waals surface area contributed by atoms with E-state index in [0.29, 0.717) is 11.4 Å². The second kappa shape index (κ2) is 6.48. The molecule has 1 fully saturated rings. The molecule has 0 aromatic carbocycles. The second-order valence-corrected chi connectivity index (χ2v) is 6.07. The number of nitriles is 1. The molecule has 1 saturated carbocycles. The van der Waals surface area contributed by atoms with E-state index in [0.717, 1.165) is 44.2 Å². The molecule has 1 N–H and O–H groups in total. The van der Waals surface area contributed by atoms with Gasteiger partial charge in [-0.25, -0.2) is 4.68 Å². The Kier molecular flexibility index (Phi) is 4.89. The van der Waals surface area contributed by atoms with E-state index >= 15 is 0 Å². The number of hydrogen-bond acceptors (Lipinski definition) is 4. The monoisotopic (exact) mass is 291 g/mol. The molecule has 1 heterocycles. The van der Waals surface area contributed by atoms with Crippen LogP contribution in [0.25, 0.3) is 0 Å². The zero-order valence-corrected chi connectivity index (χ0v) is 13.2. The number of aliphatic hydroxyl groups is 1. The summed E-state index contributed by atoms with van der Waals surface area (Å²) >= 11 is 0. The molecule has 116 valence electrons. The van der Waals surface area contributed by atoms with Crippen LogP contribution in [0.2, 0.25) is 0 Å². The van der Waals surface area contributed by atoms with Crippen molar-refractivity contribution in [1.82, 2.24) is 9.78 Å². The first-order chi connectivity index (χ1) is 10.1. The van der Waals surface area contributed by atoms with Gasteiger partial charge in [-0.05, 0) is 19.8 Å². The molecule has 5 nitrogen and oxygen atoms in total. The number of methoxy groups -OCH3 is 1. The van der Waals surface area contributed by atoms with Crippen LogP contribution in [0, 0.1) is 23.7 Å². The van der Waals surface area contributed by atoms with Crippen molar-refractivity contribution in [2.75, 3.05) is 7.11 Å². The van der Waals surface area contributed by atoms with Crippen molar-refractivity contribution in [2.24, 2.45) is 12.5 Å². The minimum absolute atomic E-state index is 0.552. The Balaban J connectivity index is 2.39. The molecule has 0 spiro atoms. The summed E-state index contributed by atoms with van der Waals surface area (Å²) < 4.78 is 7.01. The number of rotatable bonds is 3. The lowest BCUT2D eigenvalue weighted by Gasteiger charge is -2.33. The van der Waals surface area contributed by atoms with E-state index in [1.807, 2.05) is 6.92 Å². The SMILES string of the molecule is COc1c(C(O)C2(C#N)CCCCCCC2)c(C)nn1C. The Morgan fingerprint density at radius 3 is 2.38 bits per heavy atom. The maximum atomic E-state index is 11.0. The van der Waals surface area contributed by atoms with E-state index in [2.05, 4.69) is 11.2 Å². The molecule has 1 atom stereocenters. The number of aliphatic hydroxyl groups excluding tert-OH is 1. The minimum Gasteiger partial charge on any atom is -0.481 e. The van der Waals surface area contributed by atoms with E-state index in [1.165, 1.54) is 6.42 Å². The minimum atomic E-state index is -0.843. The summed E-state index contributed by atoms with van der Waals surface area (Å²) in [6.07, 6.45) is 6.12. The second-order valence-electron chi connectivity index (χ2n) is 6.07. The molecular formula is C16H25N3O2. The highest BCUT2D eigenvalue weighted by Crippen LogP contribution is 2.46. The molecule has 1 aromatic heterocycles. The summed E-state index contributed by atoms with van der Waals surface area (Å²) in [4.78, 5) is 0. The Hall–Kier alpha value is -1.54. The number of aryl methyl sites for hydroxylation is 2. The Bertz CT molecular complexity index is 522. The van der Waals surface area contributed by atoms with Gasteiger partial charge in [0.05, 0.1) is 29.9 Å². The molecular weight excluding hydrogens is 266 g/mol. The van der Waals surface area contributed by atoms with Gasteiger partial charge in [-0.15, -0.1) is 0 Å². The van der Waals surface area contributed by atoms with Gasteiger partial charge in [-0.2, -0.15) is 10.4 Å². The molecule has 1 aromatic rings. The highest BCUT2D eigenvalue weighted by molar-refractivity contribution is 5.36. The van der Waals surface area contributed by atoms with Gasteiger partial charge >= 0.3 is 0 Å². The van der Waals surface area contributed by atoms with Crippen LogP contribution in [0.15, 0.2) is 0 Å². The Labute approximate surface area is 126 Å². The molecule has 0 bridgehead atoms. The number of nitrogens with zero attached hydrogens (tertiary/aromatic N) is 3. The van der Waals surface area contributed by atoms with Crippen LogP contribution in [-0.2, 0) is 7.05 Å². The summed E-state index contributed by atoms with van der Waals surface area (Å²) in [5.74, 6) is 0.552. The van der Waals surface area contributed by atoms with Crippen molar-refractivity contribution in [3.05, 3.63) is 11.3 Å². The average Bonchev–Trinajstić information content (AvgIpc) is 2.72. The maximum Gasteiger partial charge on any atom is 0.217 e. The summed E-state index contributed by atoms with van der Waals surface area (Å²) in [5, 5.41) is 25.1. The van der Waals surface area contributed by atoms with Crippen LogP contribution in [0.1, 0.15) is 62.3 Å². The van der Waals surface area contributed by atoms with Gasteiger partial charge in [0.25, 0.3) is 0 Å². The maximum absolute atomic E-state index is 11.0. The first-order valence-corrected chi connectivity index (χ1v) is 7.72. The quantitative estimate of drug-likeness (QED) is 0.929. The fourth-order valence-corrected chi connectivity index (χ4v) is 3.47. The van der Waals surface area contributed by atoms with Gasteiger partial charge in [0.2, 0.25) is 5.88 Å². The lowest BCUT2D eigenvalue weighted by atomic mass is 9.71. The van der Waals surface area contributed by atoms with Crippen LogP contribution in [0.4, 0.5) is 0 Å². The van der Waals surface area contributed by atoms with Crippen LogP contribution < -0.4 is 4.74 Å². The summed E-state index contributed by atoms with van der Waals surface area (Å²) in [5.41, 5.74) is 0.683. The molecule has 21 heavy (non-hydrogen) atoms. The molecule has 1 aliphatic carbocycles. The lowest BCUT2D eigenvalue weighted by Crippen LogP contribution is -2.29. The van der Waals surface area contributed by atoms with E-state index in [1.54, 1.807) is 18.8 Å². The number of ether oxygens (including phenoxy) is 1. The molecule has 5 heteroatoms. The average molecular weight is 291 g/mol. The smallest absolute Gasteiger partial charge is 0.217 e. The predicted molar refractivity (Wildman–Crippen MR) is 79.8 cm³/mol. The Morgan fingerprint density at radius 1 is 1.29 bits per heavy atom. The van der Waals surface area contributed by atoms with E-state index in [4.69, 9.17) is 4.74 Å². The topological polar surface area (TPSA) is 71.1 Å². The molecule has 0 saturated heterocycles. The summed E-state index contributed by atoms with van der Waals surface area (Å²) in [7, 11) is 3.36. The highest BCUT2D eigenvalue weighted by Gasteiger charge is 2.42. The zero-order valence-electron chi connectivity index (χ0n) is 13.2. The standard InChI is InChI=1S/C16H25N3O2/c1-12-13(15(21-3)19(2)18-12)14(20)16(11-17)9-7-5-4-6-8-10-16/h14,20H,4-10H2,1-3H3. The van der Waals surface area contributed by atoms with Crippen molar-refractivity contribution < 1.29 is 9.84 Å². The van der Waals surface area contributed by atoms with Gasteiger partial charge in [0.1, 0.15) is 6.10 Å². The molecule has 1 unspecified atom stereocenters. The van der Waals surface area contributed by atoms with Crippen molar-refractivity contribution in [2.45, 2.75) is 58.0 Å². The van der Waals surface area contributed by atoms with E-state index in [9.17, 15) is 10.4 Å². The van der Waals surface area contributed by atoms with Crippen LogP contribution in [0.5, 0.6) is 5.88 Å². The van der Waals surface area contributed by atoms with Crippen molar-refractivity contribution in [3.8, 4) is 11.9 Å². The van der Waals surface area contributed by atoms with E-state index < -0.39 is 11.5 Å². The van der Waals surface area contributed by atoms with Crippen molar-refractivity contribution in [1.29, 1.82) is 5.26 Å². The first-order valence-electron chi connectivity index (χ1n) is 7.72. The number of aromatic nitrogens is 2. The van der Waals surface area contributed by atoms with Crippen LogP contribution in [-0.4, -0.2) is 22.0 Å². The molecule has 0 amide bonds. The fourth-order valence-electron chi connectivity index (χ4n) is 3.47. The third kappa shape index (κ3) is 2.91. The molecule has 0 aliphatic heterocycles. The summed E-state index contributed by atoms with van der Waals surface area (Å²) in [6.45, 7) is 1.86. The van der Waals surface area contributed by atoms with Crippen molar-refractivity contribution >= 4 is 0 Å².